The van der Waals surface area contributed by atoms with Gasteiger partial charge in [-0.05, 0) is 55.5 Å². The van der Waals surface area contributed by atoms with E-state index < -0.39 is 0 Å². The van der Waals surface area contributed by atoms with Crippen molar-refractivity contribution >= 4 is 19.0 Å². The number of ether oxygens (including phenoxy) is 2. The number of carbonyl (C=O) groups is 1. The van der Waals surface area contributed by atoms with Gasteiger partial charge in [0.1, 0.15) is 17.3 Å². The fourth-order valence-corrected chi connectivity index (χ4v) is 2.15. The maximum absolute atomic E-state index is 12.4. The molecule has 0 saturated heterocycles. The quantitative estimate of drug-likeness (QED) is 0.319. The molecule has 0 spiro atoms. The summed E-state index contributed by atoms with van der Waals surface area (Å²) in [6.45, 7) is 4.30. The molecule has 1 radical (unpaired) electrons. The molecule has 0 atom stereocenters. The molecule has 0 aliphatic heterocycles. The first-order chi connectivity index (χ1) is 11.7. The Morgan fingerprint density at radius 2 is 1.58 bits per heavy atom. The highest BCUT2D eigenvalue weighted by molar-refractivity contribution is 6.27. The number of hydrogen-bond donors (Lipinski definition) is 0. The lowest BCUT2D eigenvalue weighted by Gasteiger charge is -2.10. The minimum Gasteiger partial charge on any atom is -0.563 e. The highest BCUT2D eigenvalue weighted by atomic mass is 16.5. The first-order valence-electron chi connectivity index (χ1n) is 7.75. The van der Waals surface area contributed by atoms with Crippen molar-refractivity contribution < 1.29 is 18.9 Å². The smallest absolute Gasteiger partial charge is 0.366 e. The average molecular weight is 323 g/mol. The van der Waals surface area contributed by atoms with Crippen LogP contribution in [0.5, 0.6) is 11.5 Å². The molecule has 0 aromatic heterocycles. The number of carbonyl (C=O) groups excluding carboxylic acids is 1. The maximum atomic E-state index is 12.4. The lowest BCUT2D eigenvalue weighted by atomic mass is 10.0. The predicted molar refractivity (Wildman–Crippen MR) is 95.6 cm³/mol. The minimum absolute atomic E-state index is 0.136. The molecular weight excluding hydrogens is 303 g/mol. The van der Waals surface area contributed by atoms with Gasteiger partial charge < -0.3 is 14.1 Å². The first kappa shape index (κ1) is 17.7. The Bertz CT molecular complexity index is 690. The van der Waals surface area contributed by atoms with E-state index in [9.17, 15) is 4.79 Å². The molecule has 0 heterocycles. The monoisotopic (exact) mass is 323 g/mol. The lowest BCUT2D eigenvalue weighted by molar-refractivity contribution is 0.104. The van der Waals surface area contributed by atoms with Gasteiger partial charge in [0.05, 0.1) is 13.7 Å². The summed E-state index contributed by atoms with van der Waals surface area (Å²) in [4.78, 5) is 12.4. The van der Waals surface area contributed by atoms with Gasteiger partial charge >= 0.3 is 7.48 Å². The number of allylic oxidation sites excluding steroid dienone is 1. The second-order valence-corrected chi connectivity index (χ2v) is 4.91. The van der Waals surface area contributed by atoms with Crippen molar-refractivity contribution in [3.8, 4) is 11.5 Å². The van der Waals surface area contributed by atoms with Crippen LogP contribution in [-0.2, 0) is 4.65 Å². The number of methoxy groups -OCH3 is 1. The molecule has 4 nitrogen and oxygen atoms in total. The standard InChI is InChI=1S/C19H20BO4/c1-4-23-17-11-7-15(8-12-17)19(24-20-2)13-18(21)14-5-9-16(22-3)10-6-14/h5-13H,4H2,1-3H3/b19-13-. The summed E-state index contributed by atoms with van der Waals surface area (Å²) in [6, 6.07) is 14.4. The van der Waals surface area contributed by atoms with Crippen LogP contribution < -0.4 is 9.47 Å². The molecule has 0 N–H and O–H groups in total. The van der Waals surface area contributed by atoms with E-state index in [1.165, 1.54) is 6.08 Å². The molecule has 24 heavy (non-hydrogen) atoms. The number of benzene rings is 2. The van der Waals surface area contributed by atoms with Gasteiger partial charge in [0.15, 0.2) is 5.78 Å². The molecule has 0 unspecified atom stereocenters. The summed E-state index contributed by atoms with van der Waals surface area (Å²) in [6.07, 6.45) is 1.48. The van der Waals surface area contributed by atoms with Crippen LogP contribution in [0.25, 0.3) is 5.76 Å². The van der Waals surface area contributed by atoms with Gasteiger partial charge in [-0.2, -0.15) is 0 Å². The molecule has 0 fully saturated rings. The van der Waals surface area contributed by atoms with Gasteiger partial charge in [-0.15, -0.1) is 0 Å². The maximum Gasteiger partial charge on any atom is 0.366 e. The van der Waals surface area contributed by atoms with Gasteiger partial charge in [0, 0.05) is 17.2 Å². The van der Waals surface area contributed by atoms with E-state index in [1.54, 1.807) is 45.7 Å². The fourth-order valence-electron chi connectivity index (χ4n) is 2.15. The Hall–Kier alpha value is -2.69. The van der Waals surface area contributed by atoms with Crippen LogP contribution in [-0.4, -0.2) is 27.0 Å². The van der Waals surface area contributed by atoms with E-state index in [-0.39, 0.29) is 5.78 Å². The van der Waals surface area contributed by atoms with E-state index in [2.05, 4.69) is 0 Å². The van der Waals surface area contributed by atoms with Crippen LogP contribution in [0.15, 0.2) is 54.6 Å². The van der Waals surface area contributed by atoms with Crippen molar-refractivity contribution in [2.45, 2.75) is 13.7 Å². The van der Waals surface area contributed by atoms with Gasteiger partial charge in [0.2, 0.25) is 0 Å². The lowest BCUT2D eigenvalue weighted by Crippen LogP contribution is -2.01. The van der Waals surface area contributed by atoms with Crippen molar-refractivity contribution in [1.29, 1.82) is 0 Å². The molecule has 0 aliphatic rings. The van der Waals surface area contributed by atoms with E-state index >= 15 is 0 Å². The average Bonchev–Trinajstić information content (AvgIpc) is 2.62. The molecule has 2 rings (SSSR count). The Morgan fingerprint density at radius 3 is 2.12 bits per heavy atom. The number of hydrogen-bond acceptors (Lipinski definition) is 4. The molecule has 0 aliphatic carbocycles. The van der Waals surface area contributed by atoms with E-state index in [0.717, 1.165) is 11.3 Å². The summed E-state index contributed by atoms with van der Waals surface area (Å²) >= 11 is 0. The second kappa shape index (κ2) is 8.82. The van der Waals surface area contributed by atoms with Crippen molar-refractivity contribution in [2.75, 3.05) is 13.7 Å². The Labute approximate surface area is 143 Å². The van der Waals surface area contributed by atoms with Crippen molar-refractivity contribution in [3.05, 3.63) is 65.7 Å². The SMILES string of the molecule is C[B]O/C(=C\C(=O)c1ccc(OC)cc1)c1ccc(OCC)cc1. The zero-order chi connectivity index (χ0) is 17.4. The van der Waals surface area contributed by atoms with Crippen molar-refractivity contribution in [3.63, 3.8) is 0 Å². The summed E-state index contributed by atoms with van der Waals surface area (Å²) in [7, 11) is 3.13. The molecular formula is C19H20BO4. The van der Waals surface area contributed by atoms with Crippen LogP contribution in [0.1, 0.15) is 22.8 Å². The number of rotatable bonds is 8. The zero-order valence-electron chi connectivity index (χ0n) is 14.1. The Kier molecular flexibility index (Phi) is 6.49. The molecule has 0 bridgehead atoms. The van der Waals surface area contributed by atoms with Gasteiger partial charge in [-0.25, -0.2) is 0 Å². The molecule has 123 valence electrons. The van der Waals surface area contributed by atoms with Gasteiger partial charge in [0.25, 0.3) is 0 Å². The van der Waals surface area contributed by atoms with E-state index in [1.807, 2.05) is 31.2 Å². The zero-order valence-corrected chi connectivity index (χ0v) is 14.1. The predicted octanol–water partition coefficient (Wildman–Crippen LogP) is 4.00. The molecule has 0 saturated carbocycles. The van der Waals surface area contributed by atoms with Crippen LogP contribution in [0.3, 0.4) is 0 Å². The Morgan fingerprint density at radius 1 is 1.00 bits per heavy atom. The van der Waals surface area contributed by atoms with E-state index in [0.29, 0.717) is 23.7 Å². The van der Waals surface area contributed by atoms with Crippen LogP contribution in [0.2, 0.25) is 6.82 Å². The van der Waals surface area contributed by atoms with E-state index in [4.69, 9.17) is 14.1 Å². The molecule has 0 amide bonds. The van der Waals surface area contributed by atoms with Crippen LogP contribution >= 0.6 is 0 Å². The minimum atomic E-state index is -0.136. The summed E-state index contributed by atoms with van der Waals surface area (Å²) < 4.78 is 16.0. The third-order valence-corrected chi connectivity index (χ3v) is 3.33. The third kappa shape index (κ3) is 4.65. The normalized spacial score (nSPS) is 10.9. The summed E-state index contributed by atoms with van der Waals surface area (Å²) in [5, 5.41) is 0. The first-order valence-corrected chi connectivity index (χ1v) is 7.75. The summed E-state index contributed by atoms with van der Waals surface area (Å²) in [5.41, 5.74) is 1.37. The largest absolute Gasteiger partial charge is 0.563 e. The van der Waals surface area contributed by atoms with Crippen LogP contribution in [0.4, 0.5) is 0 Å². The Balaban J connectivity index is 2.24. The van der Waals surface area contributed by atoms with Crippen molar-refractivity contribution in [2.24, 2.45) is 0 Å². The van der Waals surface area contributed by atoms with Gasteiger partial charge in [-0.1, -0.05) is 6.82 Å². The highest BCUT2D eigenvalue weighted by Gasteiger charge is 2.09. The van der Waals surface area contributed by atoms with Gasteiger partial charge in [-0.3, -0.25) is 4.79 Å². The number of ketones is 1. The molecule has 2 aromatic carbocycles. The second-order valence-electron chi connectivity index (χ2n) is 4.91. The van der Waals surface area contributed by atoms with Crippen LogP contribution in [0, 0.1) is 0 Å². The van der Waals surface area contributed by atoms with Crippen molar-refractivity contribution in [1.82, 2.24) is 0 Å². The highest BCUT2D eigenvalue weighted by Crippen LogP contribution is 2.21. The fraction of sp³-hybridized carbons (Fsp3) is 0.211. The molecule has 2 aromatic rings. The molecule has 5 heteroatoms. The third-order valence-electron chi connectivity index (χ3n) is 3.33. The topological polar surface area (TPSA) is 44.8 Å². The summed E-state index contributed by atoms with van der Waals surface area (Å²) in [5.74, 6) is 1.84.